The molecule has 0 saturated heterocycles. The maximum atomic E-state index is 11.6. The third-order valence-corrected chi connectivity index (χ3v) is 5.08. The van der Waals surface area contributed by atoms with E-state index in [2.05, 4.69) is 0 Å². The fourth-order valence-corrected chi connectivity index (χ4v) is 3.59. The first-order chi connectivity index (χ1) is 12.0. The van der Waals surface area contributed by atoms with Gasteiger partial charge < -0.3 is 14.6 Å². The van der Waals surface area contributed by atoms with Crippen LogP contribution in [0.25, 0.3) is 0 Å². The molecule has 0 aromatic heterocycles. The summed E-state index contributed by atoms with van der Waals surface area (Å²) in [7, 11) is 0. The maximum absolute atomic E-state index is 11.6. The minimum atomic E-state index is -0.838. The van der Waals surface area contributed by atoms with Gasteiger partial charge in [-0.3, -0.25) is 4.79 Å². The number of carboxylic acid groups (broad SMARTS) is 1. The molecule has 1 atom stereocenters. The third kappa shape index (κ3) is 3.07. The SMILES string of the molecule is Cc1ccc(Oc2c(Cl)cc3c(c2C2CC2)OCCC3C(=O)O)cc1. The van der Waals surface area contributed by atoms with Gasteiger partial charge in [0.25, 0.3) is 0 Å². The smallest absolute Gasteiger partial charge is 0.311 e. The molecule has 4 rings (SSSR count). The van der Waals surface area contributed by atoms with E-state index in [4.69, 9.17) is 21.1 Å². The van der Waals surface area contributed by atoms with E-state index < -0.39 is 11.9 Å². The first-order valence-electron chi connectivity index (χ1n) is 8.51. The van der Waals surface area contributed by atoms with Crippen LogP contribution in [0, 0.1) is 6.92 Å². The summed E-state index contributed by atoms with van der Waals surface area (Å²) >= 11 is 6.52. The lowest BCUT2D eigenvalue weighted by Crippen LogP contribution is -2.22. The molecule has 1 aliphatic carbocycles. The van der Waals surface area contributed by atoms with Crippen LogP contribution < -0.4 is 9.47 Å². The molecule has 5 heteroatoms. The maximum Gasteiger partial charge on any atom is 0.311 e. The molecule has 1 aliphatic heterocycles. The van der Waals surface area contributed by atoms with Gasteiger partial charge in [0.1, 0.15) is 11.5 Å². The lowest BCUT2D eigenvalue weighted by Gasteiger charge is -2.27. The van der Waals surface area contributed by atoms with Crippen molar-refractivity contribution in [1.29, 1.82) is 0 Å². The van der Waals surface area contributed by atoms with Crippen molar-refractivity contribution in [3.05, 3.63) is 52.0 Å². The molecule has 0 amide bonds. The van der Waals surface area contributed by atoms with Crippen LogP contribution in [0.5, 0.6) is 17.2 Å². The molecular formula is C20H19ClO4. The highest BCUT2D eigenvalue weighted by Gasteiger charge is 2.38. The fourth-order valence-electron chi connectivity index (χ4n) is 3.34. The summed E-state index contributed by atoms with van der Waals surface area (Å²) in [6.07, 6.45) is 2.54. The zero-order chi connectivity index (χ0) is 17.6. The zero-order valence-electron chi connectivity index (χ0n) is 13.9. The second-order valence-corrected chi connectivity index (χ2v) is 7.14. The van der Waals surface area contributed by atoms with E-state index in [1.54, 1.807) is 6.07 Å². The summed E-state index contributed by atoms with van der Waals surface area (Å²) in [5.41, 5.74) is 2.75. The monoisotopic (exact) mass is 358 g/mol. The quantitative estimate of drug-likeness (QED) is 0.809. The van der Waals surface area contributed by atoms with E-state index in [-0.39, 0.29) is 0 Å². The van der Waals surface area contributed by atoms with Crippen LogP contribution in [-0.2, 0) is 4.79 Å². The van der Waals surface area contributed by atoms with Crippen molar-refractivity contribution in [1.82, 2.24) is 0 Å². The van der Waals surface area contributed by atoms with Gasteiger partial charge >= 0.3 is 5.97 Å². The molecule has 1 fully saturated rings. The Bertz CT molecular complexity index is 825. The standard InChI is InChI=1S/C20H19ClO4/c1-11-2-6-13(7-3-11)25-19-16(21)10-15-14(20(22)23)8-9-24-18(15)17(19)12-4-5-12/h2-3,6-7,10,12,14H,4-5,8-9H2,1H3,(H,22,23). The fraction of sp³-hybridized carbons (Fsp3) is 0.350. The average Bonchev–Trinajstić information content (AvgIpc) is 3.41. The first-order valence-corrected chi connectivity index (χ1v) is 8.89. The number of hydrogen-bond acceptors (Lipinski definition) is 3. The van der Waals surface area contributed by atoms with Crippen molar-refractivity contribution >= 4 is 17.6 Å². The van der Waals surface area contributed by atoms with Crippen LogP contribution in [0.2, 0.25) is 5.02 Å². The Kier molecular flexibility index (Phi) is 4.08. The van der Waals surface area contributed by atoms with Crippen molar-refractivity contribution in [2.75, 3.05) is 6.61 Å². The van der Waals surface area contributed by atoms with E-state index >= 15 is 0 Å². The molecule has 130 valence electrons. The number of aliphatic carboxylic acids is 1. The van der Waals surface area contributed by atoms with Crippen LogP contribution in [0.3, 0.4) is 0 Å². The van der Waals surface area contributed by atoms with E-state index in [0.717, 1.165) is 24.0 Å². The summed E-state index contributed by atoms with van der Waals surface area (Å²) in [6, 6.07) is 9.47. The van der Waals surface area contributed by atoms with Crippen LogP contribution in [-0.4, -0.2) is 17.7 Å². The second kappa shape index (κ2) is 6.26. The number of aryl methyl sites for hydroxylation is 1. The Balaban J connectivity index is 1.82. The number of ether oxygens (including phenoxy) is 2. The lowest BCUT2D eigenvalue weighted by molar-refractivity contribution is -0.139. The normalized spacial score (nSPS) is 19.0. The van der Waals surface area contributed by atoms with Gasteiger partial charge in [0.05, 0.1) is 17.5 Å². The zero-order valence-corrected chi connectivity index (χ0v) is 14.7. The molecule has 2 aliphatic rings. The number of rotatable bonds is 4. The van der Waals surface area contributed by atoms with E-state index in [9.17, 15) is 9.90 Å². The molecule has 2 aromatic carbocycles. The summed E-state index contributed by atoms with van der Waals surface area (Å²) < 4.78 is 12.0. The Morgan fingerprint density at radius 2 is 1.96 bits per heavy atom. The number of fused-ring (bicyclic) bond motifs is 1. The Morgan fingerprint density at radius 1 is 1.24 bits per heavy atom. The van der Waals surface area contributed by atoms with Crippen molar-refractivity contribution in [3.8, 4) is 17.2 Å². The van der Waals surface area contributed by atoms with Gasteiger partial charge in [-0.1, -0.05) is 29.3 Å². The molecular weight excluding hydrogens is 340 g/mol. The molecule has 4 nitrogen and oxygen atoms in total. The highest BCUT2D eigenvalue weighted by Crippen LogP contribution is 2.55. The number of benzene rings is 2. The molecule has 1 unspecified atom stereocenters. The van der Waals surface area contributed by atoms with Crippen LogP contribution in [0.1, 0.15) is 47.8 Å². The summed E-state index contributed by atoms with van der Waals surface area (Å²) in [4.78, 5) is 11.6. The Morgan fingerprint density at radius 3 is 2.60 bits per heavy atom. The third-order valence-electron chi connectivity index (χ3n) is 4.80. The van der Waals surface area contributed by atoms with Crippen molar-refractivity contribution in [2.24, 2.45) is 0 Å². The first kappa shape index (κ1) is 16.3. The average molecular weight is 359 g/mol. The van der Waals surface area contributed by atoms with E-state index in [1.807, 2.05) is 31.2 Å². The minimum absolute atomic E-state index is 0.320. The highest BCUT2D eigenvalue weighted by molar-refractivity contribution is 6.32. The molecule has 0 spiro atoms. The van der Waals surface area contributed by atoms with Crippen LogP contribution in [0.15, 0.2) is 30.3 Å². The summed E-state index contributed by atoms with van der Waals surface area (Å²) in [6.45, 7) is 2.42. The van der Waals surface area contributed by atoms with Gasteiger partial charge in [-0.15, -0.1) is 0 Å². The summed E-state index contributed by atoms with van der Waals surface area (Å²) in [5.74, 6) is 0.868. The number of carboxylic acids is 1. The van der Waals surface area contributed by atoms with Crippen molar-refractivity contribution in [3.63, 3.8) is 0 Å². The van der Waals surface area contributed by atoms with Crippen molar-refractivity contribution in [2.45, 2.75) is 38.0 Å². The van der Waals surface area contributed by atoms with E-state index in [0.29, 0.717) is 46.8 Å². The highest BCUT2D eigenvalue weighted by atomic mass is 35.5. The summed E-state index contributed by atoms with van der Waals surface area (Å²) in [5, 5.41) is 9.96. The predicted molar refractivity (Wildman–Crippen MR) is 95.2 cm³/mol. The molecule has 25 heavy (non-hydrogen) atoms. The van der Waals surface area contributed by atoms with Crippen LogP contribution in [0.4, 0.5) is 0 Å². The Hall–Kier alpha value is -2.20. The van der Waals surface area contributed by atoms with Gasteiger partial charge in [0.2, 0.25) is 0 Å². The number of halogens is 1. The van der Waals surface area contributed by atoms with Gasteiger partial charge in [-0.25, -0.2) is 0 Å². The topological polar surface area (TPSA) is 55.8 Å². The minimum Gasteiger partial charge on any atom is -0.493 e. The van der Waals surface area contributed by atoms with Crippen LogP contribution >= 0.6 is 11.6 Å². The molecule has 2 aromatic rings. The second-order valence-electron chi connectivity index (χ2n) is 6.74. The van der Waals surface area contributed by atoms with Gasteiger partial charge in [-0.2, -0.15) is 0 Å². The Labute approximate surface area is 151 Å². The number of carbonyl (C=O) groups is 1. The molecule has 1 N–H and O–H groups in total. The van der Waals surface area contributed by atoms with Gasteiger partial charge in [0, 0.05) is 11.1 Å². The molecule has 1 heterocycles. The lowest BCUT2D eigenvalue weighted by atomic mass is 9.90. The van der Waals surface area contributed by atoms with E-state index in [1.165, 1.54) is 0 Å². The predicted octanol–water partition coefficient (Wildman–Crippen LogP) is 5.27. The largest absolute Gasteiger partial charge is 0.493 e. The number of hydrogen-bond donors (Lipinski definition) is 1. The van der Waals surface area contributed by atoms with Crippen molar-refractivity contribution < 1.29 is 19.4 Å². The van der Waals surface area contributed by atoms with Gasteiger partial charge in [0.15, 0.2) is 5.75 Å². The van der Waals surface area contributed by atoms with Gasteiger partial charge in [-0.05, 0) is 50.3 Å². The molecule has 0 bridgehead atoms. The molecule has 1 saturated carbocycles. The molecule has 0 radical (unpaired) electrons.